The molecule has 0 aliphatic rings. The zero-order valence-corrected chi connectivity index (χ0v) is 10.8. The highest BCUT2D eigenvalue weighted by Gasteiger charge is 2.04. The lowest BCUT2D eigenvalue weighted by molar-refractivity contribution is 0.340. The molecule has 0 radical (unpaired) electrons. The Kier molecular flexibility index (Phi) is 4.42. The summed E-state index contributed by atoms with van der Waals surface area (Å²) in [5.74, 6) is 0.935. The Bertz CT molecular complexity index is 516. The third-order valence-corrected chi connectivity index (χ3v) is 2.91. The van der Waals surface area contributed by atoms with Crippen molar-refractivity contribution in [1.29, 1.82) is 0 Å². The van der Waals surface area contributed by atoms with E-state index in [0.717, 1.165) is 30.8 Å². The maximum atomic E-state index is 5.54. The van der Waals surface area contributed by atoms with Crippen LogP contribution in [-0.4, -0.2) is 24.7 Å². The van der Waals surface area contributed by atoms with Crippen LogP contribution < -0.4 is 10.1 Å². The van der Waals surface area contributed by atoms with Gasteiger partial charge in [-0.25, -0.2) is 0 Å². The highest BCUT2D eigenvalue weighted by atomic mass is 16.5. The molecule has 2 N–H and O–H groups in total. The molecule has 0 unspecified atom stereocenters. The number of aromatic amines is 1. The molecule has 2 rings (SSSR count). The molecule has 1 aromatic carbocycles. The minimum atomic E-state index is 0.701. The summed E-state index contributed by atoms with van der Waals surface area (Å²) in [6.45, 7) is 8.20. The van der Waals surface area contributed by atoms with Gasteiger partial charge in [0.1, 0.15) is 5.75 Å². The minimum absolute atomic E-state index is 0.701. The fourth-order valence-corrected chi connectivity index (χ4v) is 2.05. The lowest BCUT2D eigenvalue weighted by Gasteiger charge is -2.04. The van der Waals surface area contributed by atoms with Crippen LogP contribution in [0.1, 0.15) is 12.5 Å². The van der Waals surface area contributed by atoms with E-state index in [-0.39, 0.29) is 0 Å². The Hall–Kier alpha value is -1.74. The summed E-state index contributed by atoms with van der Waals surface area (Å²) < 4.78 is 5.54. The Labute approximate surface area is 108 Å². The van der Waals surface area contributed by atoms with Crippen LogP contribution in [0.15, 0.2) is 37.1 Å². The second-order valence-corrected chi connectivity index (χ2v) is 4.20. The predicted molar refractivity (Wildman–Crippen MR) is 76.2 cm³/mol. The van der Waals surface area contributed by atoms with Gasteiger partial charge in [0.05, 0.1) is 6.61 Å². The van der Waals surface area contributed by atoms with Crippen LogP contribution in [0.5, 0.6) is 5.75 Å². The van der Waals surface area contributed by atoms with Crippen LogP contribution in [0.3, 0.4) is 0 Å². The predicted octanol–water partition coefficient (Wildman–Crippen LogP) is 2.88. The van der Waals surface area contributed by atoms with Crippen LogP contribution in [0.25, 0.3) is 10.9 Å². The van der Waals surface area contributed by atoms with Gasteiger partial charge < -0.3 is 15.0 Å². The second kappa shape index (κ2) is 6.26. The van der Waals surface area contributed by atoms with E-state index in [1.165, 1.54) is 10.9 Å². The number of aromatic nitrogens is 1. The normalized spacial score (nSPS) is 10.7. The number of benzene rings is 1. The van der Waals surface area contributed by atoms with Crippen LogP contribution in [0.2, 0.25) is 0 Å². The van der Waals surface area contributed by atoms with Crippen molar-refractivity contribution in [2.24, 2.45) is 0 Å². The third kappa shape index (κ3) is 2.93. The highest BCUT2D eigenvalue weighted by Crippen LogP contribution is 2.23. The van der Waals surface area contributed by atoms with E-state index in [2.05, 4.69) is 35.2 Å². The van der Waals surface area contributed by atoms with Crippen LogP contribution in [-0.2, 0) is 6.42 Å². The second-order valence-electron chi connectivity index (χ2n) is 4.20. The molecule has 0 spiro atoms. The largest absolute Gasteiger partial charge is 0.494 e. The lowest BCUT2D eigenvalue weighted by Crippen LogP contribution is -2.16. The maximum Gasteiger partial charge on any atom is 0.120 e. The summed E-state index contributed by atoms with van der Waals surface area (Å²) in [6.07, 6.45) is 4.96. The molecule has 0 saturated carbocycles. The molecule has 0 saturated heterocycles. The molecule has 0 amide bonds. The summed E-state index contributed by atoms with van der Waals surface area (Å²) in [5.41, 5.74) is 2.49. The van der Waals surface area contributed by atoms with Gasteiger partial charge in [-0.15, -0.1) is 6.58 Å². The van der Waals surface area contributed by atoms with E-state index in [1.807, 2.05) is 19.1 Å². The van der Waals surface area contributed by atoms with Crippen molar-refractivity contribution in [3.63, 3.8) is 0 Å². The monoisotopic (exact) mass is 244 g/mol. The number of fused-ring (bicyclic) bond motifs is 1. The first-order valence-corrected chi connectivity index (χ1v) is 6.39. The minimum Gasteiger partial charge on any atom is -0.494 e. The van der Waals surface area contributed by atoms with Crippen molar-refractivity contribution in [2.75, 3.05) is 19.7 Å². The number of hydrogen-bond donors (Lipinski definition) is 2. The number of nitrogens with one attached hydrogen (secondary N) is 2. The Balaban J connectivity index is 2.11. The van der Waals surface area contributed by atoms with E-state index in [0.29, 0.717) is 6.61 Å². The molecule has 0 bridgehead atoms. The number of H-pyrrole nitrogens is 1. The van der Waals surface area contributed by atoms with Gasteiger partial charge in [0.2, 0.25) is 0 Å². The van der Waals surface area contributed by atoms with Crippen molar-refractivity contribution >= 4 is 10.9 Å². The molecule has 0 aliphatic heterocycles. The molecule has 96 valence electrons. The lowest BCUT2D eigenvalue weighted by atomic mass is 10.1. The first kappa shape index (κ1) is 12.7. The smallest absolute Gasteiger partial charge is 0.120 e. The fourth-order valence-electron chi connectivity index (χ4n) is 2.05. The average molecular weight is 244 g/mol. The van der Waals surface area contributed by atoms with E-state index < -0.39 is 0 Å². The van der Waals surface area contributed by atoms with Gasteiger partial charge in [-0.2, -0.15) is 0 Å². The Morgan fingerprint density at radius 3 is 3.11 bits per heavy atom. The molecular weight excluding hydrogens is 224 g/mol. The van der Waals surface area contributed by atoms with Gasteiger partial charge in [-0.05, 0) is 43.7 Å². The van der Waals surface area contributed by atoms with E-state index in [4.69, 9.17) is 4.74 Å². The van der Waals surface area contributed by atoms with Gasteiger partial charge >= 0.3 is 0 Å². The molecule has 0 aliphatic carbocycles. The first-order valence-electron chi connectivity index (χ1n) is 6.39. The van der Waals surface area contributed by atoms with E-state index in [1.54, 1.807) is 0 Å². The van der Waals surface area contributed by atoms with Crippen LogP contribution in [0.4, 0.5) is 0 Å². The summed E-state index contributed by atoms with van der Waals surface area (Å²) in [4.78, 5) is 3.29. The summed E-state index contributed by atoms with van der Waals surface area (Å²) >= 11 is 0. The van der Waals surface area contributed by atoms with E-state index in [9.17, 15) is 0 Å². The molecule has 18 heavy (non-hydrogen) atoms. The molecule has 3 nitrogen and oxygen atoms in total. The van der Waals surface area contributed by atoms with E-state index >= 15 is 0 Å². The summed E-state index contributed by atoms with van der Waals surface area (Å²) in [6, 6.07) is 6.18. The highest BCUT2D eigenvalue weighted by molar-refractivity contribution is 5.84. The molecule has 2 aromatic rings. The first-order chi connectivity index (χ1) is 8.85. The number of ether oxygens (including phenoxy) is 1. The van der Waals surface area contributed by atoms with Crippen molar-refractivity contribution in [3.05, 3.63) is 42.6 Å². The van der Waals surface area contributed by atoms with Crippen molar-refractivity contribution in [1.82, 2.24) is 10.3 Å². The van der Waals surface area contributed by atoms with Gasteiger partial charge in [0.25, 0.3) is 0 Å². The van der Waals surface area contributed by atoms with Crippen molar-refractivity contribution < 1.29 is 4.74 Å². The maximum absolute atomic E-state index is 5.54. The molecule has 0 fully saturated rings. The van der Waals surface area contributed by atoms with Gasteiger partial charge in [-0.3, -0.25) is 0 Å². The Morgan fingerprint density at radius 1 is 1.44 bits per heavy atom. The molecule has 1 heterocycles. The van der Waals surface area contributed by atoms with Crippen molar-refractivity contribution in [2.45, 2.75) is 13.3 Å². The zero-order chi connectivity index (χ0) is 12.8. The third-order valence-electron chi connectivity index (χ3n) is 2.91. The standard InChI is InChI=1S/C15H20N2O/c1-3-8-16-9-7-12-11-17-15-6-5-13(18-4-2)10-14(12)15/h3,5-6,10-11,16-17H,1,4,7-9H2,2H3. The van der Waals surface area contributed by atoms with Gasteiger partial charge in [0, 0.05) is 23.6 Å². The summed E-state index contributed by atoms with van der Waals surface area (Å²) in [5, 5.41) is 4.57. The zero-order valence-electron chi connectivity index (χ0n) is 10.8. The molecule has 3 heteroatoms. The SMILES string of the molecule is C=CCNCCc1c[nH]c2ccc(OCC)cc12. The average Bonchev–Trinajstić information content (AvgIpc) is 2.78. The summed E-state index contributed by atoms with van der Waals surface area (Å²) in [7, 11) is 0. The molecule has 1 aromatic heterocycles. The number of hydrogen-bond acceptors (Lipinski definition) is 2. The van der Waals surface area contributed by atoms with Crippen LogP contribution in [0, 0.1) is 0 Å². The van der Waals surface area contributed by atoms with Gasteiger partial charge in [0.15, 0.2) is 0 Å². The van der Waals surface area contributed by atoms with Crippen molar-refractivity contribution in [3.8, 4) is 5.75 Å². The quantitative estimate of drug-likeness (QED) is 0.580. The molecular formula is C15H20N2O. The van der Waals surface area contributed by atoms with Gasteiger partial charge in [-0.1, -0.05) is 6.08 Å². The fraction of sp³-hybridized carbons (Fsp3) is 0.333. The topological polar surface area (TPSA) is 37.0 Å². The van der Waals surface area contributed by atoms with Crippen LogP contribution >= 0.6 is 0 Å². The molecule has 0 atom stereocenters. The number of rotatable bonds is 7. The Morgan fingerprint density at radius 2 is 2.33 bits per heavy atom.